The molecule has 0 unspecified atom stereocenters. The molecule has 1 aliphatic heterocycles. The van der Waals surface area contributed by atoms with Crippen LogP contribution >= 0.6 is 0 Å². The molecular weight excluding hydrogens is 317 g/mol. The van der Waals surface area contributed by atoms with Gasteiger partial charge >= 0.3 is 0 Å². The molecule has 1 heterocycles. The monoisotopic (exact) mass is 341 g/mol. The molecule has 2 aromatic carbocycles. The fourth-order valence-electron chi connectivity index (χ4n) is 3.11. The fraction of sp³-hybridized carbons (Fsp3) is 0.350. The van der Waals surface area contributed by atoms with Crippen LogP contribution in [-0.2, 0) is 11.2 Å². The van der Waals surface area contributed by atoms with Gasteiger partial charge in [-0.25, -0.2) is 4.39 Å². The van der Waals surface area contributed by atoms with Crippen LogP contribution in [0, 0.1) is 5.82 Å². The average molecular weight is 341 g/mol. The number of carbonyl (C=O) groups is 1. The summed E-state index contributed by atoms with van der Waals surface area (Å²) >= 11 is 0. The molecular formula is C20H24FN3O. The van der Waals surface area contributed by atoms with Crippen LogP contribution in [0.4, 0.5) is 10.1 Å². The second-order valence-electron chi connectivity index (χ2n) is 6.30. The zero-order valence-corrected chi connectivity index (χ0v) is 14.3. The standard InChI is InChI=1S/C20H24FN3O/c21-18-8-4-5-9-19(18)24-14-12-23(13-15-24)16-20(25)22-11-10-17-6-2-1-3-7-17/h1-9H,10-16H2,(H,22,25). The normalized spacial score (nSPS) is 15.2. The molecule has 3 rings (SSSR count). The van der Waals surface area contributed by atoms with E-state index in [1.807, 2.05) is 29.2 Å². The molecule has 0 spiro atoms. The lowest BCUT2D eigenvalue weighted by Gasteiger charge is -2.35. The third kappa shape index (κ3) is 5.03. The van der Waals surface area contributed by atoms with E-state index in [-0.39, 0.29) is 11.7 Å². The van der Waals surface area contributed by atoms with Gasteiger partial charge in [-0.3, -0.25) is 9.69 Å². The number of para-hydroxylation sites is 1. The first-order chi connectivity index (χ1) is 12.2. The Labute approximate surface area is 148 Å². The van der Waals surface area contributed by atoms with E-state index in [9.17, 15) is 9.18 Å². The van der Waals surface area contributed by atoms with Gasteiger partial charge in [0.2, 0.25) is 5.91 Å². The van der Waals surface area contributed by atoms with E-state index in [4.69, 9.17) is 0 Å². The predicted molar refractivity (Wildman–Crippen MR) is 98.2 cm³/mol. The lowest BCUT2D eigenvalue weighted by molar-refractivity contribution is -0.122. The highest BCUT2D eigenvalue weighted by molar-refractivity contribution is 5.78. The number of carbonyl (C=O) groups excluding carboxylic acids is 1. The van der Waals surface area contributed by atoms with Crippen molar-refractivity contribution in [1.29, 1.82) is 0 Å². The molecule has 0 aromatic heterocycles. The number of amides is 1. The predicted octanol–water partition coefficient (Wildman–Crippen LogP) is 2.31. The SMILES string of the molecule is O=C(CN1CCN(c2ccccc2F)CC1)NCCc1ccccc1. The Balaban J connectivity index is 1.38. The van der Waals surface area contributed by atoms with Gasteiger partial charge in [-0.2, -0.15) is 0 Å². The van der Waals surface area contributed by atoms with E-state index in [2.05, 4.69) is 22.3 Å². The first-order valence-corrected chi connectivity index (χ1v) is 8.75. The summed E-state index contributed by atoms with van der Waals surface area (Å²) in [7, 11) is 0. The van der Waals surface area contributed by atoms with Crippen LogP contribution in [0.3, 0.4) is 0 Å². The minimum Gasteiger partial charge on any atom is -0.367 e. The molecule has 1 amide bonds. The number of hydrogen-bond donors (Lipinski definition) is 1. The summed E-state index contributed by atoms with van der Waals surface area (Å²) in [4.78, 5) is 16.2. The molecule has 1 saturated heterocycles. The van der Waals surface area contributed by atoms with Gasteiger partial charge in [0.05, 0.1) is 12.2 Å². The van der Waals surface area contributed by atoms with Crippen molar-refractivity contribution in [3.8, 4) is 0 Å². The van der Waals surface area contributed by atoms with Gasteiger partial charge in [0.1, 0.15) is 5.82 Å². The first kappa shape index (κ1) is 17.4. The Bertz CT molecular complexity index is 684. The highest BCUT2D eigenvalue weighted by atomic mass is 19.1. The van der Waals surface area contributed by atoms with Crippen molar-refractivity contribution in [2.24, 2.45) is 0 Å². The summed E-state index contributed by atoms with van der Waals surface area (Å²) in [5, 5.41) is 2.98. The summed E-state index contributed by atoms with van der Waals surface area (Å²) < 4.78 is 13.8. The zero-order chi connectivity index (χ0) is 17.5. The number of benzene rings is 2. The number of anilines is 1. The lowest BCUT2D eigenvalue weighted by atomic mass is 10.1. The minimum absolute atomic E-state index is 0.0512. The Morgan fingerprint density at radius 1 is 0.960 bits per heavy atom. The molecule has 1 N–H and O–H groups in total. The Morgan fingerprint density at radius 3 is 2.36 bits per heavy atom. The van der Waals surface area contributed by atoms with E-state index in [1.165, 1.54) is 11.6 Å². The van der Waals surface area contributed by atoms with E-state index < -0.39 is 0 Å². The summed E-state index contributed by atoms with van der Waals surface area (Å²) in [6.45, 7) is 4.05. The second kappa shape index (κ2) is 8.62. The smallest absolute Gasteiger partial charge is 0.234 e. The molecule has 0 radical (unpaired) electrons. The average Bonchev–Trinajstić information content (AvgIpc) is 2.64. The van der Waals surface area contributed by atoms with Crippen molar-refractivity contribution < 1.29 is 9.18 Å². The van der Waals surface area contributed by atoms with Gasteiger partial charge in [-0.05, 0) is 24.1 Å². The second-order valence-corrected chi connectivity index (χ2v) is 6.30. The Hall–Kier alpha value is -2.40. The first-order valence-electron chi connectivity index (χ1n) is 8.75. The quantitative estimate of drug-likeness (QED) is 0.876. The zero-order valence-electron chi connectivity index (χ0n) is 14.3. The molecule has 0 aliphatic carbocycles. The van der Waals surface area contributed by atoms with Gasteiger partial charge < -0.3 is 10.2 Å². The maximum absolute atomic E-state index is 13.8. The van der Waals surface area contributed by atoms with Crippen LogP contribution in [-0.4, -0.2) is 50.1 Å². The van der Waals surface area contributed by atoms with E-state index in [1.54, 1.807) is 12.1 Å². The fourth-order valence-corrected chi connectivity index (χ4v) is 3.11. The third-order valence-electron chi connectivity index (χ3n) is 4.51. The minimum atomic E-state index is -0.186. The molecule has 0 bridgehead atoms. The number of hydrogen-bond acceptors (Lipinski definition) is 3. The van der Waals surface area contributed by atoms with Crippen LogP contribution in [0.15, 0.2) is 54.6 Å². The van der Waals surface area contributed by atoms with Gasteiger partial charge in [0, 0.05) is 32.7 Å². The Morgan fingerprint density at radius 2 is 1.64 bits per heavy atom. The van der Waals surface area contributed by atoms with Crippen LogP contribution in [0.1, 0.15) is 5.56 Å². The highest BCUT2D eigenvalue weighted by Gasteiger charge is 2.20. The summed E-state index contributed by atoms with van der Waals surface area (Å²) in [6.07, 6.45) is 0.841. The largest absolute Gasteiger partial charge is 0.367 e. The van der Waals surface area contributed by atoms with Crippen molar-refractivity contribution in [2.45, 2.75) is 6.42 Å². The van der Waals surface area contributed by atoms with Gasteiger partial charge in [0.15, 0.2) is 0 Å². The van der Waals surface area contributed by atoms with Gasteiger partial charge in [-0.15, -0.1) is 0 Å². The van der Waals surface area contributed by atoms with Crippen molar-refractivity contribution in [2.75, 3.05) is 44.2 Å². The molecule has 25 heavy (non-hydrogen) atoms. The summed E-state index contributed by atoms with van der Waals surface area (Å²) in [6, 6.07) is 17.0. The van der Waals surface area contributed by atoms with Crippen LogP contribution in [0.2, 0.25) is 0 Å². The highest BCUT2D eigenvalue weighted by Crippen LogP contribution is 2.19. The van der Waals surface area contributed by atoms with Crippen molar-refractivity contribution >= 4 is 11.6 Å². The van der Waals surface area contributed by atoms with E-state index in [0.29, 0.717) is 18.8 Å². The molecule has 0 atom stereocenters. The number of piperazine rings is 1. The van der Waals surface area contributed by atoms with E-state index in [0.717, 1.165) is 32.6 Å². The number of halogens is 1. The maximum atomic E-state index is 13.8. The summed E-state index contributed by atoms with van der Waals surface area (Å²) in [5.41, 5.74) is 1.87. The third-order valence-corrected chi connectivity index (χ3v) is 4.51. The molecule has 2 aromatic rings. The van der Waals surface area contributed by atoms with Gasteiger partial charge in [0.25, 0.3) is 0 Å². The lowest BCUT2D eigenvalue weighted by Crippen LogP contribution is -2.49. The van der Waals surface area contributed by atoms with Crippen molar-refractivity contribution in [3.63, 3.8) is 0 Å². The number of nitrogens with zero attached hydrogens (tertiary/aromatic N) is 2. The molecule has 1 fully saturated rings. The molecule has 0 saturated carbocycles. The summed E-state index contributed by atoms with van der Waals surface area (Å²) in [5.74, 6) is -0.134. The van der Waals surface area contributed by atoms with Crippen LogP contribution in [0.25, 0.3) is 0 Å². The van der Waals surface area contributed by atoms with Crippen molar-refractivity contribution in [3.05, 3.63) is 66.0 Å². The number of nitrogens with one attached hydrogen (secondary N) is 1. The maximum Gasteiger partial charge on any atom is 0.234 e. The van der Waals surface area contributed by atoms with Crippen LogP contribution in [0.5, 0.6) is 0 Å². The molecule has 4 nitrogen and oxygen atoms in total. The molecule has 1 aliphatic rings. The van der Waals surface area contributed by atoms with Gasteiger partial charge in [-0.1, -0.05) is 42.5 Å². The topological polar surface area (TPSA) is 35.6 Å². The number of rotatable bonds is 6. The Kier molecular flexibility index (Phi) is 6.01. The van der Waals surface area contributed by atoms with Crippen LogP contribution < -0.4 is 10.2 Å². The van der Waals surface area contributed by atoms with Crippen molar-refractivity contribution in [1.82, 2.24) is 10.2 Å². The molecule has 5 heteroatoms. The molecule has 132 valence electrons. The van der Waals surface area contributed by atoms with E-state index >= 15 is 0 Å².